The first-order valence-corrected chi connectivity index (χ1v) is 11.1. The summed E-state index contributed by atoms with van der Waals surface area (Å²) in [7, 11) is 3.02. The van der Waals surface area contributed by atoms with Crippen LogP contribution in [0.15, 0.2) is 71.8 Å². The van der Waals surface area contributed by atoms with Crippen LogP contribution in [0, 0.1) is 0 Å². The molecule has 3 rings (SSSR count). The number of benzene rings is 3. The van der Waals surface area contributed by atoms with Gasteiger partial charge in [0.05, 0.1) is 32.6 Å². The van der Waals surface area contributed by atoms with Crippen LogP contribution in [0.3, 0.4) is 0 Å². The summed E-state index contributed by atoms with van der Waals surface area (Å²) in [5.74, 6) is 1.20. The Hall–Kier alpha value is -4.33. The van der Waals surface area contributed by atoms with Crippen molar-refractivity contribution in [2.45, 2.75) is 19.8 Å². The first-order chi connectivity index (χ1) is 17.0. The van der Waals surface area contributed by atoms with E-state index in [1.807, 2.05) is 0 Å². The number of ether oxygens (including phenoxy) is 4. The van der Waals surface area contributed by atoms with Crippen molar-refractivity contribution < 1.29 is 28.5 Å². The second-order valence-electron chi connectivity index (χ2n) is 7.45. The monoisotopic (exact) mass is 476 g/mol. The van der Waals surface area contributed by atoms with Crippen molar-refractivity contribution in [3.8, 4) is 23.0 Å². The fourth-order valence-electron chi connectivity index (χ4n) is 3.02. The first-order valence-electron chi connectivity index (χ1n) is 11.1. The van der Waals surface area contributed by atoms with Crippen LogP contribution in [0.4, 0.5) is 0 Å². The summed E-state index contributed by atoms with van der Waals surface area (Å²) >= 11 is 0. The number of carbonyl (C=O) groups excluding carboxylic acids is 2. The maximum Gasteiger partial charge on any atom is 0.343 e. The van der Waals surface area contributed by atoms with Gasteiger partial charge in [0.25, 0.3) is 5.91 Å². The van der Waals surface area contributed by atoms with Crippen molar-refractivity contribution in [3.63, 3.8) is 0 Å². The largest absolute Gasteiger partial charge is 0.494 e. The highest BCUT2D eigenvalue weighted by atomic mass is 16.5. The standard InChI is InChI=1S/C27H28N2O6/c1-4-5-16-34-22-13-8-20(9-14-22)26(30)29-28-18-19-6-11-23(12-7-19)35-27(31)21-10-15-24(32-2)25(17-21)33-3/h6-15,17-18H,4-5,16H2,1-3H3,(H,29,30). The number of esters is 1. The number of rotatable bonds is 11. The maximum atomic E-state index is 12.4. The molecule has 35 heavy (non-hydrogen) atoms. The van der Waals surface area contributed by atoms with Gasteiger partial charge in [-0.25, -0.2) is 10.2 Å². The van der Waals surface area contributed by atoms with Crippen molar-refractivity contribution in [2.24, 2.45) is 5.10 Å². The third-order valence-corrected chi connectivity index (χ3v) is 4.97. The van der Waals surface area contributed by atoms with Crippen LogP contribution in [0.1, 0.15) is 46.0 Å². The lowest BCUT2D eigenvalue weighted by Crippen LogP contribution is -2.17. The quantitative estimate of drug-likeness (QED) is 0.140. The number of hydrazone groups is 1. The minimum absolute atomic E-state index is 0.330. The van der Waals surface area contributed by atoms with Gasteiger partial charge in [0, 0.05) is 5.56 Å². The molecule has 0 saturated heterocycles. The highest BCUT2D eigenvalue weighted by molar-refractivity contribution is 5.95. The molecule has 0 heterocycles. The number of amides is 1. The van der Waals surface area contributed by atoms with Crippen LogP contribution >= 0.6 is 0 Å². The van der Waals surface area contributed by atoms with Crippen molar-refractivity contribution in [1.82, 2.24) is 5.43 Å². The molecule has 0 radical (unpaired) electrons. The van der Waals surface area contributed by atoms with Crippen LogP contribution < -0.4 is 24.4 Å². The SMILES string of the molecule is CCCCOc1ccc(C(=O)NN=Cc2ccc(OC(=O)c3ccc(OC)c(OC)c3)cc2)cc1. The van der Waals surface area contributed by atoms with Crippen molar-refractivity contribution >= 4 is 18.1 Å². The fourth-order valence-corrected chi connectivity index (χ4v) is 3.02. The van der Waals surface area contributed by atoms with E-state index in [1.165, 1.54) is 20.4 Å². The Labute approximate surface area is 204 Å². The van der Waals surface area contributed by atoms with E-state index in [-0.39, 0.29) is 5.91 Å². The third kappa shape index (κ3) is 7.33. The highest BCUT2D eigenvalue weighted by Gasteiger charge is 2.13. The lowest BCUT2D eigenvalue weighted by molar-refractivity contribution is 0.0734. The molecular formula is C27H28N2O6. The molecule has 3 aromatic carbocycles. The van der Waals surface area contributed by atoms with Crippen molar-refractivity contribution in [3.05, 3.63) is 83.4 Å². The summed E-state index contributed by atoms with van der Waals surface area (Å²) in [4.78, 5) is 24.7. The number of unbranched alkanes of at least 4 members (excludes halogenated alkanes) is 1. The average molecular weight is 477 g/mol. The summed E-state index contributed by atoms with van der Waals surface area (Å²) in [5, 5.41) is 3.99. The summed E-state index contributed by atoms with van der Waals surface area (Å²) in [5.41, 5.74) is 4.01. The molecule has 3 aromatic rings. The van der Waals surface area contributed by atoms with E-state index >= 15 is 0 Å². The van der Waals surface area contributed by atoms with Crippen LogP contribution in [-0.2, 0) is 0 Å². The number of hydrogen-bond donors (Lipinski definition) is 1. The lowest BCUT2D eigenvalue weighted by atomic mass is 10.2. The smallest absolute Gasteiger partial charge is 0.343 e. The Bertz CT molecular complexity index is 1160. The zero-order valence-electron chi connectivity index (χ0n) is 19.9. The van der Waals surface area contributed by atoms with E-state index < -0.39 is 5.97 Å². The van der Waals surface area contributed by atoms with Gasteiger partial charge in [0.1, 0.15) is 11.5 Å². The molecule has 0 aromatic heterocycles. The molecule has 182 valence electrons. The molecule has 0 spiro atoms. The van der Waals surface area contributed by atoms with E-state index in [1.54, 1.807) is 66.7 Å². The lowest BCUT2D eigenvalue weighted by Gasteiger charge is -2.09. The van der Waals surface area contributed by atoms with E-state index in [0.29, 0.717) is 35.0 Å². The van der Waals surface area contributed by atoms with Gasteiger partial charge in [0.15, 0.2) is 11.5 Å². The Morgan fingerprint density at radius 2 is 1.51 bits per heavy atom. The van der Waals surface area contributed by atoms with E-state index in [4.69, 9.17) is 18.9 Å². The molecule has 0 aliphatic rings. The Kier molecular flexibility index (Phi) is 9.24. The Morgan fingerprint density at radius 3 is 2.17 bits per heavy atom. The topological polar surface area (TPSA) is 95.5 Å². The van der Waals surface area contributed by atoms with Gasteiger partial charge < -0.3 is 18.9 Å². The molecule has 0 bridgehead atoms. The number of hydrogen-bond acceptors (Lipinski definition) is 7. The van der Waals surface area contributed by atoms with Crippen LogP contribution in [0.5, 0.6) is 23.0 Å². The van der Waals surface area contributed by atoms with Gasteiger partial charge in [0.2, 0.25) is 0 Å². The average Bonchev–Trinajstić information content (AvgIpc) is 2.89. The van der Waals surface area contributed by atoms with Crippen molar-refractivity contribution in [2.75, 3.05) is 20.8 Å². The van der Waals surface area contributed by atoms with Gasteiger partial charge >= 0.3 is 5.97 Å². The predicted molar refractivity (Wildman–Crippen MR) is 133 cm³/mol. The van der Waals surface area contributed by atoms with E-state index in [0.717, 1.165) is 24.2 Å². The van der Waals surface area contributed by atoms with Gasteiger partial charge in [-0.3, -0.25) is 4.79 Å². The van der Waals surface area contributed by atoms with E-state index in [2.05, 4.69) is 17.5 Å². The normalized spacial score (nSPS) is 10.6. The molecule has 0 atom stereocenters. The van der Waals surface area contributed by atoms with Gasteiger partial charge in [-0.05, 0) is 78.7 Å². The second kappa shape index (κ2) is 12.8. The Morgan fingerprint density at radius 1 is 0.857 bits per heavy atom. The molecule has 1 amide bonds. The molecule has 8 nitrogen and oxygen atoms in total. The summed E-state index contributed by atoms with van der Waals surface area (Å²) in [6, 6.07) is 18.4. The Balaban J connectivity index is 1.52. The summed E-state index contributed by atoms with van der Waals surface area (Å²) < 4.78 is 21.4. The maximum absolute atomic E-state index is 12.4. The zero-order valence-corrected chi connectivity index (χ0v) is 19.9. The zero-order chi connectivity index (χ0) is 25.0. The van der Waals surface area contributed by atoms with Gasteiger partial charge in [-0.15, -0.1) is 0 Å². The fraction of sp³-hybridized carbons (Fsp3) is 0.222. The van der Waals surface area contributed by atoms with Gasteiger partial charge in [-0.2, -0.15) is 5.10 Å². The number of nitrogens with one attached hydrogen (secondary N) is 1. The second-order valence-corrected chi connectivity index (χ2v) is 7.45. The molecule has 0 saturated carbocycles. The van der Waals surface area contributed by atoms with Crippen LogP contribution in [0.25, 0.3) is 0 Å². The number of nitrogens with zero attached hydrogens (tertiary/aromatic N) is 1. The molecule has 0 unspecified atom stereocenters. The molecular weight excluding hydrogens is 448 g/mol. The molecule has 1 N–H and O–H groups in total. The molecule has 8 heteroatoms. The number of methoxy groups -OCH3 is 2. The molecule has 0 fully saturated rings. The third-order valence-electron chi connectivity index (χ3n) is 4.97. The predicted octanol–water partition coefficient (Wildman–Crippen LogP) is 4.87. The minimum Gasteiger partial charge on any atom is -0.494 e. The summed E-state index contributed by atoms with van der Waals surface area (Å²) in [6.45, 7) is 2.75. The van der Waals surface area contributed by atoms with E-state index in [9.17, 15) is 9.59 Å². The number of carbonyl (C=O) groups is 2. The van der Waals surface area contributed by atoms with Crippen LogP contribution in [-0.4, -0.2) is 38.9 Å². The van der Waals surface area contributed by atoms with Crippen LogP contribution in [0.2, 0.25) is 0 Å². The van der Waals surface area contributed by atoms with Crippen molar-refractivity contribution in [1.29, 1.82) is 0 Å². The minimum atomic E-state index is -0.526. The highest BCUT2D eigenvalue weighted by Crippen LogP contribution is 2.28. The summed E-state index contributed by atoms with van der Waals surface area (Å²) in [6.07, 6.45) is 3.55. The first kappa shape index (κ1) is 25.3. The molecule has 0 aliphatic heterocycles. The molecule has 0 aliphatic carbocycles. The van der Waals surface area contributed by atoms with Gasteiger partial charge in [-0.1, -0.05) is 13.3 Å².